The van der Waals surface area contributed by atoms with E-state index >= 15 is 0 Å². The number of allylic oxidation sites excluding steroid dienone is 6. The second-order valence-corrected chi connectivity index (χ2v) is 29.2. The highest BCUT2D eigenvalue weighted by molar-refractivity contribution is 7.91. The Morgan fingerprint density at radius 1 is 0.786 bits per heavy atom. The molecule has 8 N–H and O–H groups in total. The number of primary sulfonamides is 1. The molecule has 8 rings (SSSR count). The standard InChI is InChI=1S/C53H58N8O17S6/c1-6-7-23-60-41-17-11-32-9-14-35(82(69,70)71)28-38(32)47(41)52(2,3)44(60)19-12-33(40-16-10-34(31-56-40)49(63)55-22-26-78-25-21-46(62)57-50-58-59-51(79-50)81(54,67)68)13-20-45-53(4,5)48-39-29-36(83(72,73)74)30-43(84(75,76)77)37(39)15-18-42(48)61(45)24-8-27-80(64,65)66/h9-20,28-31H,6-8,21-27H2,1-5H3,(H7-,54,55,57,58,62,63,64,65,66,67,68,69,70,71,72,73,74,75,76,77)/p+1. The lowest BCUT2D eigenvalue weighted by atomic mass is 9.79. The zero-order valence-electron chi connectivity index (χ0n) is 45.7. The predicted octanol–water partition coefficient (Wildman–Crippen LogP) is 6.18. The number of amides is 2. The molecule has 0 atom stereocenters. The quantitative estimate of drug-likeness (QED) is 0.0124. The minimum absolute atomic E-state index is 0.00328. The Hall–Kier alpha value is -6.75. The van der Waals surface area contributed by atoms with Gasteiger partial charge in [0.25, 0.3) is 56.4 Å². The van der Waals surface area contributed by atoms with Crippen LogP contribution in [0.1, 0.15) is 87.5 Å². The number of nitrogens with one attached hydrogen (secondary N) is 2. The first-order valence-corrected chi connectivity index (χ1v) is 34.0. The summed E-state index contributed by atoms with van der Waals surface area (Å²) in [7, 11) is -23.3. The number of hydrogen-bond donors (Lipinski definition) is 7. The zero-order valence-corrected chi connectivity index (χ0v) is 50.6. The van der Waals surface area contributed by atoms with Crippen molar-refractivity contribution in [3.63, 3.8) is 0 Å². The molecule has 0 bridgehead atoms. The van der Waals surface area contributed by atoms with Crippen LogP contribution in [0.4, 0.5) is 16.5 Å². The van der Waals surface area contributed by atoms with Gasteiger partial charge in [-0.15, -0.1) is 10.2 Å². The minimum atomic E-state index is -5.10. The maximum atomic E-state index is 13.4. The molecule has 0 fully saturated rings. The van der Waals surface area contributed by atoms with Gasteiger partial charge in [-0.1, -0.05) is 56.7 Å². The number of benzene rings is 4. The number of rotatable bonds is 23. The molecule has 0 spiro atoms. The third kappa shape index (κ3) is 13.8. The van der Waals surface area contributed by atoms with Crippen LogP contribution in [0.5, 0.6) is 0 Å². The van der Waals surface area contributed by atoms with Crippen LogP contribution >= 0.6 is 11.3 Å². The summed E-state index contributed by atoms with van der Waals surface area (Å²) in [5.41, 5.74) is 2.49. The highest BCUT2D eigenvalue weighted by atomic mass is 32.3. The zero-order chi connectivity index (χ0) is 61.5. The number of sulfonamides is 1. The molecule has 0 radical (unpaired) electrons. The van der Waals surface area contributed by atoms with Gasteiger partial charge in [-0.05, 0) is 103 Å². The Labute approximate surface area is 489 Å². The molecule has 84 heavy (non-hydrogen) atoms. The summed E-state index contributed by atoms with van der Waals surface area (Å²) in [6.07, 6.45) is 9.77. The van der Waals surface area contributed by atoms with Gasteiger partial charge in [0.2, 0.25) is 21.1 Å². The molecule has 2 aliphatic rings. The minimum Gasteiger partial charge on any atom is -0.379 e. The van der Waals surface area contributed by atoms with E-state index in [4.69, 9.17) is 14.9 Å². The molecule has 2 aliphatic heterocycles. The number of hydrogen-bond acceptors (Lipinski definition) is 18. The largest absolute Gasteiger partial charge is 0.379 e. The van der Waals surface area contributed by atoms with Gasteiger partial charge >= 0.3 is 0 Å². The van der Waals surface area contributed by atoms with E-state index in [1.165, 1.54) is 36.5 Å². The molecule has 31 heteroatoms. The average Bonchev–Trinajstić information content (AvgIpc) is 1.97. The number of nitrogens with two attached hydrogens (primary N) is 1. The molecule has 2 amide bonds. The lowest BCUT2D eigenvalue weighted by molar-refractivity contribution is -0.438. The summed E-state index contributed by atoms with van der Waals surface area (Å²) < 4.78 is 170. The van der Waals surface area contributed by atoms with Gasteiger partial charge in [-0.3, -0.25) is 32.8 Å². The molecule has 0 aliphatic carbocycles. The highest BCUT2D eigenvalue weighted by Gasteiger charge is 2.46. The van der Waals surface area contributed by atoms with Crippen molar-refractivity contribution in [2.75, 3.05) is 48.8 Å². The number of ether oxygens (including phenoxy) is 1. The van der Waals surface area contributed by atoms with Crippen LogP contribution < -0.4 is 20.7 Å². The van der Waals surface area contributed by atoms with Crippen molar-refractivity contribution in [2.24, 2.45) is 5.14 Å². The summed E-state index contributed by atoms with van der Waals surface area (Å²) in [5.74, 6) is -1.71. The van der Waals surface area contributed by atoms with Crippen molar-refractivity contribution in [3.8, 4) is 0 Å². The fraction of sp³-hybridized carbons (Fsp3) is 0.321. The first kappa shape index (κ1) is 63.3. The molecule has 4 aromatic carbocycles. The van der Waals surface area contributed by atoms with Crippen LogP contribution in [0, 0.1) is 0 Å². The number of nitrogens with zero attached hydrogens (tertiary/aromatic N) is 5. The number of unbranched alkanes of at least 4 members (excludes halogenated alkanes) is 1. The van der Waals surface area contributed by atoms with Crippen LogP contribution in [0.15, 0.2) is 122 Å². The van der Waals surface area contributed by atoms with Gasteiger partial charge in [0.1, 0.15) is 11.4 Å². The van der Waals surface area contributed by atoms with E-state index < -0.39 is 93.0 Å². The van der Waals surface area contributed by atoms with Gasteiger partial charge in [0.15, 0.2) is 5.71 Å². The number of fused-ring (bicyclic) bond motifs is 6. The maximum absolute atomic E-state index is 13.4. The van der Waals surface area contributed by atoms with E-state index in [0.29, 0.717) is 57.5 Å². The summed E-state index contributed by atoms with van der Waals surface area (Å²) in [6.45, 7) is 9.98. The summed E-state index contributed by atoms with van der Waals surface area (Å²) in [5, 5.41) is 18.4. The van der Waals surface area contributed by atoms with Gasteiger partial charge in [-0.25, -0.2) is 13.6 Å². The molecule has 0 unspecified atom stereocenters. The Morgan fingerprint density at radius 2 is 1.49 bits per heavy atom. The van der Waals surface area contributed by atoms with Crippen LogP contribution in [0.3, 0.4) is 0 Å². The highest BCUT2D eigenvalue weighted by Crippen LogP contribution is 2.52. The Balaban J connectivity index is 1.18. The molecule has 4 heterocycles. The second-order valence-electron chi connectivity index (χ2n) is 20.7. The van der Waals surface area contributed by atoms with Crippen molar-refractivity contribution >= 4 is 123 Å². The molecule has 0 saturated heterocycles. The Bertz CT molecular complexity index is 4390. The number of anilines is 2. The third-order valence-corrected chi connectivity index (χ3v) is 19.7. The van der Waals surface area contributed by atoms with Gasteiger partial charge in [0, 0.05) is 71.2 Å². The third-order valence-electron chi connectivity index (χ3n) is 14.2. The second kappa shape index (κ2) is 24.0. The van der Waals surface area contributed by atoms with E-state index in [2.05, 4.69) is 25.4 Å². The summed E-state index contributed by atoms with van der Waals surface area (Å²) >= 11 is 0.581. The fourth-order valence-electron chi connectivity index (χ4n) is 10.4. The Morgan fingerprint density at radius 3 is 2.12 bits per heavy atom. The lowest BCUT2D eigenvalue weighted by Gasteiger charge is -2.27. The monoisotopic (exact) mass is 1270 g/mol. The first-order valence-electron chi connectivity index (χ1n) is 25.7. The lowest BCUT2D eigenvalue weighted by Crippen LogP contribution is -2.28. The molecule has 6 aromatic rings. The van der Waals surface area contributed by atoms with E-state index in [1.54, 1.807) is 49.1 Å². The van der Waals surface area contributed by atoms with Crippen molar-refractivity contribution in [2.45, 2.75) is 90.2 Å². The van der Waals surface area contributed by atoms with Gasteiger partial charge in [-0.2, -0.15) is 38.2 Å². The van der Waals surface area contributed by atoms with Crippen molar-refractivity contribution < 1.29 is 79.2 Å². The average molecular weight is 1270 g/mol. The van der Waals surface area contributed by atoms with E-state index in [1.807, 2.05) is 39.0 Å². The van der Waals surface area contributed by atoms with Crippen LogP contribution in [-0.2, 0) is 70.9 Å². The molecule has 448 valence electrons. The molecular weight excluding hydrogens is 1210 g/mol. The number of aromatic nitrogens is 3. The van der Waals surface area contributed by atoms with Crippen molar-refractivity contribution in [1.29, 1.82) is 0 Å². The van der Waals surface area contributed by atoms with Crippen LogP contribution in [-0.4, -0.2) is 136 Å². The number of carbonyl (C=O) groups is 2. The molecular formula is C53H59N8O17S6+. The number of carbonyl (C=O) groups excluding carboxylic acids is 2. The SMILES string of the molecule is CCCC[N+]1=C(/C=C/C(=C/C=C2/N(CCCS(=O)(=O)O)c3ccc4c(S(=O)(=O)O)cc(S(=O)(=O)O)cc4c3C2(C)C)c2ccc(C(=O)NCCOCCC(=O)Nc3nnc(S(N)(=O)=O)s3)cn2)C(C)(C)c2c1ccc1ccc(S(=O)(=O)O)cc21. The topological polar surface area (TPSA) is 390 Å². The molecule has 2 aromatic heterocycles. The van der Waals surface area contributed by atoms with E-state index in [0.717, 1.165) is 41.3 Å². The van der Waals surface area contributed by atoms with Gasteiger partial charge in [0.05, 0.1) is 51.9 Å². The first-order chi connectivity index (χ1) is 39.1. The van der Waals surface area contributed by atoms with Crippen molar-refractivity contribution in [3.05, 3.63) is 125 Å². The van der Waals surface area contributed by atoms with Crippen molar-refractivity contribution in [1.82, 2.24) is 20.5 Å². The molecule has 0 saturated carbocycles. The fourth-order valence-corrected chi connectivity index (χ4v) is 14.0. The van der Waals surface area contributed by atoms with Crippen LogP contribution in [0.2, 0.25) is 0 Å². The van der Waals surface area contributed by atoms with Crippen LogP contribution in [0.25, 0.3) is 27.1 Å². The number of pyridine rings is 1. The van der Waals surface area contributed by atoms with E-state index in [9.17, 15) is 69.9 Å². The van der Waals surface area contributed by atoms with Gasteiger partial charge < -0.3 is 20.3 Å². The summed E-state index contributed by atoms with van der Waals surface area (Å²) in [4.78, 5) is 30.3. The predicted molar refractivity (Wildman–Crippen MR) is 314 cm³/mol. The smallest absolute Gasteiger partial charge is 0.295 e. The summed E-state index contributed by atoms with van der Waals surface area (Å²) in [6, 6.07) is 16.0. The Kier molecular flexibility index (Phi) is 18.0. The van der Waals surface area contributed by atoms with E-state index in [-0.39, 0.29) is 65.5 Å². The normalized spacial score (nSPS) is 16.0. The maximum Gasteiger partial charge on any atom is 0.295 e. The molecule has 25 nitrogen and oxygen atoms in total.